The average Bonchev–Trinajstić information content (AvgIpc) is 2.95. The van der Waals surface area contributed by atoms with Crippen LogP contribution in [0, 0.1) is 0 Å². The van der Waals surface area contributed by atoms with Gasteiger partial charge in [-0.2, -0.15) is 0 Å². The molecule has 2 heterocycles. The van der Waals surface area contributed by atoms with E-state index in [0.717, 1.165) is 36.5 Å². The summed E-state index contributed by atoms with van der Waals surface area (Å²) < 4.78 is 0. The molecule has 2 aromatic rings. The number of carbonyl (C=O) groups excluding carboxylic acids is 1. The molecule has 2 N–H and O–H groups in total. The molecule has 1 atom stereocenters. The van der Waals surface area contributed by atoms with Gasteiger partial charge in [0.15, 0.2) is 0 Å². The van der Waals surface area contributed by atoms with Gasteiger partial charge in [-0.15, -0.1) is 36.2 Å². The van der Waals surface area contributed by atoms with Crippen LogP contribution in [0.25, 0.3) is 0 Å². The third kappa shape index (κ3) is 5.74. The number of nitrogens with zero attached hydrogens (tertiary/aromatic N) is 2. The Labute approximate surface area is 159 Å². The zero-order chi connectivity index (χ0) is 15.4. The summed E-state index contributed by atoms with van der Waals surface area (Å²) in [5, 5.41) is 3.06. The van der Waals surface area contributed by atoms with Gasteiger partial charge < -0.3 is 10.6 Å². The van der Waals surface area contributed by atoms with Crippen molar-refractivity contribution in [2.75, 3.05) is 13.1 Å². The number of thiazole rings is 1. The number of halogens is 2. The van der Waals surface area contributed by atoms with Crippen molar-refractivity contribution in [3.8, 4) is 0 Å². The number of benzene rings is 1. The molecular formula is C17H23Cl2N3OS. The first-order valence-corrected chi connectivity index (χ1v) is 8.59. The van der Waals surface area contributed by atoms with Crippen molar-refractivity contribution in [3.05, 3.63) is 52.0 Å². The normalized spacial score (nSPS) is 16.9. The van der Waals surface area contributed by atoms with E-state index >= 15 is 0 Å². The van der Waals surface area contributed by atoms with Crippen molar-refractivity contribution < 1.29 is 4.79 Å². The molecule has 3 rings (SSSR count). The third-order valence-electron chi connectivity index (χ3n) is 3.94. The van der Waals surface area contributed by atoms with E-state index < -0.39 is 0 Å². The fraction of sp³-hybridized carbons (Fsp3) is 0.412. The summed E-state index contributed by atoms with van der Waals surface area (Å²) >= 11 is 1.63. The predicted molar refractivity (Wildman–Crippen MR) is 103 cm³/mol. The molecule has 1 amide bonds. The van der Waals surface area contributed by atoms with Crippen LogP contribution < -0.4 is 5.73 Å². The lowest BCUT2D eigenvalue weighted by atomic mass is 10.1. The molecule has 1 aromatic heterocycles. The molecule has 1 saturated heterocycles. The number of aromatic nitrogens is 1. The van der Waals surface area contributed by atoms with Crippen LogP contribution in [0.3, 0.4) is 0 Å². The van der Waals surface area contributed by atoms with E-state index in [0.29, 0.717) is 13.0 Å². The van der Waals surface area contributed by atoms with Gasteiger partial charge in [-0.25, -0.2) is 4.98 Å². The Bertz CT molecular complexity index is 636. The number of amides is 1. The second-order valence-corrected chi connectivity index (χ2v) is 6.76. The van der Waals surface area contributed by atoms with Gasteiger partial charge in [-0.05, 0) is 18.4 Å². The summed E-state index contributed by atoms with van der Waals surface area (Å²) in [4.78, 5) is 18.8. The van der Waals surface area contributed by atoms with Gasteiger partial charge in [0.1, 0.15) is 0 Å². The molecule has 0 radical (unpaired) electrons. The summed E-state index contributed by atoms with van der Waals surface area (Å²) in [5.74, 6) is 0.145. The molecule has 132 valence electrons. The van der Waals surface area contributed by atoms with E-state index in [4.69, 9.17) is 5.73 Å². The highest BCUT2D eigenvalue weighted by atomic mass is 35.5. The summed E-state index contributed by atoms with van der Waals surface area (Å²) in [6.07, 6.45) is 3.23. The second kappa shape index (κ2) is 9.99. The molecule has 4 nitrogen and oxygen atoms in total. The van der Waals surface area contributed by atoms with Crippen molar-refractivity contribution in [3.63, 3.8) is 0 Å². The van der Waals surface area contributed by atoms with E-state index in [2.05, 4.69) is 17.1 Å². The quantitative estimate of drug-likeness (QED) is 0.876. The lowest BCUT2D eigenvalue weighted by Gasteiger charge is -2.30. The van der Waals surface area contributed by atoms with Gasteiger partial charge in [-0.3, -0.25) is 4.79 Å². The van der Waals surface area contributed by atoms with Crippen LogP contribution in [0.1, 0.15) is 29.1 Å². The fourth-order valence-electron chi connectivity index (χ4n) is 2.79. The first-order valence-electron chi connectivity index (χ1n) is 7.71. The Morgan fingerprint density at radius 3 is 2.75 bits per heavy atom. The van der Waals surface area contributed by atoms with Crippen molar-refractivity contribution in [2.24, 2.45) is 5.73 Å². The average molecular weight is 388 g/mol. The fourth-order valence-corrected chi connectivity index (χ4v) is 3.61. The van der Waals surface area contributed by atoms with Gasteiger partial charge in [0.2, 0.25) is 5.91 Å². The minimum Gasteiger partial charge on any atom is -0.341 e. The van der Waals surface area contributed by atoms with Crippen LogP contribution in [0.2, 0.25) is 0 Å². The van der Waals surface area contributed by atoms with Crippen LogP contribution in [0.5, 0.6) is 0 Å². The minimum atomic E-state index is 0. The number of likely N-dealkylation sites (tertiary alicyclic amines) is 1. The standard InChI is InChI=1S/C17H21N3OS.2ClH/c18-14-7-4-8-20(11-14)17(21)10-15-12-22-16(19-15)9-13-5-2-1-3-6-13;;/h1-3,5-6,12,14H,4,7-11,18H2;2*1H. The Morgan fingerprint density at radius 2 is 2.04 bits per heavy atom. The van der Waals surface area contributed by atoms with Crippen LogP contribution in [0.15, 0.2) is 35.7 Å². The SMILES string of the molecule is Cl.Cl.NC1CCCN(C(=O)Cc2csc(Cc3ccccc3)n2)C1. The zero-order valence-electron chi connectivity index (χ0n) is 13.4. The number of hydrogen-bond donors (Lipinski definition) is 1. The monoisotopic (exact) mass is 387 g/mol. The summed E-state index contributed by atoms with van der Waals surface area (Å²) in [6, 6.07) is 10.4. The van der Waals surface area contributed by atoms with E-state index in [-0.39, 0.29) is 36.8 Å². The van der Waals surface area contributed by atoms with Crippen LogP contribution >= 0.6 is 36.2 Å². The Kier molecular flexibility index (Phi) is 8.70. The smallest absolute Gasteiger partial charge is 0.228 e. The summed E-state index contributed by atoms with van der Waals surface area (Å²) in [7, 11) is 0. The highest BCUT2D eigenvalue weighted by Crippen LogP contribution is 2.16. The Hall–Kier alpha value is -1.14. The van der Waals surface area contributed by atoms with E-state index in [1.165, 1.54) is 5.56 Å². The Balaban J connectivity index is 0.00000144. The van der Waals surface area contributed by atoms with Gasteiger partial charge >= 0.3 is 0 Å². The van der Waals surface area contributed by atoms with Crippen molar-refractivity contribution in [1.82, 2.24) is 9.88 Å². The van der Waals surface area contributed by atoms with Crippen LogP contribution in [-0.2, 0) is 17.6 Å². The summed E-state index contributed by atoms with van der Waals surface area (Å²) in [5.41, 5.74) is 8.06. The highest BCUT2D eigenvalue weighted by molar-refractivity contribution is 7.09. The topological polar surface area (TPSA) is 59.2 Å². The number of rotatable bonds is 4. The van der Waals surface area contributed by atoms with E-state index in [1.807, 2.05) is 28.5 Å². The predicted octanol–water partition coefficient (Wildman–Crippen LogP) is 3.07. The second-order valence-electron chi connectivity index (χ2n) is 5.81. The molecule has 1 aromatic carbocycles. The van der Waals surface area contributed by atoms with Crippen LogP contribution in [0.4, 0.5) is 0 Å². The maximum Gasteiger partial charge on any atom is 0.228 e. The first kappa shape index (κ1) is 20.9. The van der Waals surface area contributed by atoms with Crippen LogP contribution in [-0.4, -0.2) is 34.9 Å². The molecule has 7 heteroatoms. The molecule has 0 saturated carbocycles. The third-order valence-corrected chi connectivity index (χ3v) is 4.84. The number of carbonyl (C=O) groups is 1. The van der Waals surface area contributed by atoms with E-state index in [9.17, 15) is 4.79 Å². The molecule has 24 heavy (non-hydrogen) atoms. The molecule has 1 aliphatic rings. The zero-order valence-corrected chi connectivity index (χ0v) is 15.8. The van der Waals surface area contributed by atoms with Gasteiger partial charge in [-0.1, -0.05) is 30.3 Å². The Morgan fingerprint density at radius 1 is 1.29 bits per heavy atom. The highest BCUT2D eigenvalue weighted by Gasteiger charge is 2.21. The van der Waals surface area contributed by atoms with Crippen molar-refractivity contribution in [1.29, 1.82) is 0 Å². The molecule has 0 bridgehead atoms. The number of nitrogens with two attached hydrogens (primary N) is 1. The molecule has 1 unspecified atom stereocenters. The molecular weight excluding hydrogens is 365 g/mol. The maximum atomic E-state index is 12.3. The van der Waals surface area contributed by atoms with E-state index in [1.54, 1.807) is 11.3 Å². The number of hydrogen-bond acceptors (Lipinski definition) is 4. The molecule has 1 aliphatic heterocycles. The largest absolute Gasteiger partial charge is 0.341 e. The first-order chi connectivity index (χ1) is 10.7. The molecule has 0 spiro atoms. The van der Waals surface area contributed by atoms with Gasteiger partial charge in [0, 0.05) is 30.9 Å². The maximum absolute atomic E-state index is 12.3. The van der Waals surface area contributed by atoms with Gasteiger partial charge in [0.25, 0.3) is 0 Å². The summed E-state index contributed by atoms with van der Waals surface area (Å²) in [6.45, 7) is 1.51. The molecule has 0 aliphatic carbocycles. The lowest BCUT2D eigenvalue weighted by molar-refractivity contribution is -0.131. The lowest BCUT2D eigenvalue weighted by Crippen LogP contribution is -2.46. The van der Waals surface area contributed by atoms with Gasteiger partial charge in [0.05, 0.1) is 17.1 Å². The van der Waals surface area contributed by atoms with Crippen molar-refractivity contribution in [2.45, 2.75) is 31.7 Å². The molecule has 1 fully saturated rings. The minimum absolute atomic E-state index is 0. The number of piperidine rings is 1. The van der Waals surface area contributed by atoms with Crippen molar-refractivity contribution >= 4 is 42.1 Å².